The van der Waals surface area contributed by atoms with Crippen molar-refractivity contribution in [1.29, 1.82) is 0 Å². The topological polar surface area (TPSA) is 50.7 Å². The summed E-state index contributed by atoms with van der Waals surface area (Å²) in [5.74, 6) is 0.531. The fraction of sp³-hybridized carbons (Fsp3) is 0.455. The summed E-state index contributed by atoms with van der Waals surface area (Å²) in [7, 11) is 1.54. The normalized spacial score (nSPS) is 20.8. The number of nitrogens with one attached hydrogen (secondary N) is 1. The van der Waals surface area contributed by atoms with E-state index in [0.717, 1.165) is 12.1 Å². The summed E-state index contributed by atoms with van der Waals surface area (Å²) >= 11 is 5.97. The molecular formula is C11H14ClNO3. The number of phenolic OH excluding ortho intramolecular Hbond substituents is 1. The van der Waals surface area contributed by atoms with Crippen LogP contribution >= 0.6 is 11.6 Å². The molecule has 2 rings (SSSR count). The minimum Gasteiger partial charge on any atom is -0.506 e. The Balaban J connectivity index is 2.35. The fourth-order valence-corrected chi connectivity index (χ4v) is 2.06. The molecular weight excluding hydrogens is 230 g/mol. The zero-order valence-electron chi connectivity index (χ0n) is 9.00. The average molecular weight is 244 g/mol. The number of hydrogen-bond donors (Lipinski definition) is 2. The first-order valence-corrected chi connectivity index (χ1v) is 5.48. The van der Waals surface area contributed by atoms with Crippen LogP contribution in [0.4, 0.5) is 0 Å². The van der Waals surface area contributed by atoms with Gasteiger partial charge in [0.2, 0.25) is 0 Å². The molecule has 1 aromatic carbocycles. The number of phenols is 1. The van der Waals surface area contributed by atoms with E-state index >= 15 is 0 Å². The van der Waals surface area contributed by atoms with Crippen LogP contribution in [0.1, 0.15) is 11.6 Å². The van der Waals surface area contributed by atoms with Gasteiger partial charge in [-0.1, -0.05) is 11.6 Å². The van der Waals surface area contributed by atoms with Gasteiger partial charge in [0.15, 0.2) is 0 Å². The number of aromatic hydroxyl groups is 1. The third-order valence-corrected chi connectivity index (χ3v) is 2.97. The summed E-state index contributed by atoms with van der Waals surface area (Å²) in [4.78, 5) is 0. The highest BCUT2D eigenvalue weighted by Gasteiger charge is 2.21. The van der Waals surface area contributed by atoms with Crippen molar-refractivity contribution in [1.82, 2.24) is 5.32 Å². The third-order valence-electron chi connectivity index (χ3n) is 2.61. The Bertz CT molecular complexity index is 378. The van der Waals surface area contributed by atoms with Gasteiger partial charge in [-0.2, -0.15) is 0 Å². The zero-order chi connectivity index (χ0) is 11.5. The summed E-state index contributed by atoms with van der Waals surface area (Å²) in [6.45, 7) is 2.09. The fourth-order valence-electron chi connectivity index (χ4n) is 1.81. The van der Waals surface area contributed by atoms with Crippen molar-refractivity contribution < 1.29 is 14.6 Å². The van der Waals surface area contributed by atoms with Gasteiger partial charge in [-0.3, -0.25) is 0 Å². The molecule has 0 radical (unpaired) electrons. The van der Waals surface area contributed by atoms with Gasteiger partial charge in [-0.05, 0) is 12.1 Å². The van der Waals surface area contributed by atoms with Crippen molar-refractivity contribution in [3.63, 3.8) is 0 Å². The van der Waals surface area contributed by atoms with Gasteiger partial charge in [-0.25, -0.2) is 0 Å². The Labute approximate surface area is 99.1 Å². The van der Waals surface area contributed by atoms with E-state index in [1.54, 1.807) is 12.1 Å². The first-order valence-electron chi connectivity index (χ1n) is 5.10. The molecule has 2 N–H and O–H groups in total. The minimum atomic E-state index is 0.0268. The highest BCUT2D eigenvalue weighted by molar-refractivity contribution is 6.33. The Morgan fingerprint density at radius 1 is 1.56 bits per heavy atom. The highest BCUT2D eigenvalue weighted by Crippen LogP contribution is 2.39. The number of rotatable bonds is 2. The van der Waals surface area contributed by atoms with Gasteiger partial charge in [0.05, 0.1) is 26.4 Å². The van der Waals surface area contributed by atoms with Crippen LogP contribution in [0.5, 0.6) is 11.5 Å². The maximum Gasteiger partial charge on any atom is 0.146 e. The molecule has 0 amide bonds. The van der Waals surface area contributed by atoms with Crippen molar-refractivity contribution in [2.75, 3.05) is 26.9 Å². The molecule has 1 aliphatic rings. The second-order valence-corrected chi connectivity index (χ2v) is 3.98. The van der Waals surface area contributed by atoms with Crippen molar-refractivity contribution in [2.45, 2.75) is 6.04 Å². The molecule has 5 heteroatoms. The number of benzene rings is 1. The number of hydrogen-bond acceptors (Lipinski definition) is 4. The summed E-state index contributed by atoms with van der Waals surface area (Å²) in [5, 5.41) is 13.0. The lowest BCUT2D eigenvalue weighted by atomic mass is 10.1. The van der Waals surface area contributed by atoms with Crippen molar-refractivity contribution in [2.24, 2.45) is 0 Å². The zero-order valence-corrected chi connectivity index (χ0v) is 9.75. The van der Waals surface area contributed by atoms with E-state index in [4.69, 9.17) is 21.1 Å². The van der Waals surface area contributed by atoms with Crippen LogP contribution < -0.4 is 10.1 Å². The first kappa shape index (κ1) is 11.5. The molecule has 0 saturated carbocycles. The number of halogens is 1. The van der Waals surface area contributed by atoms with E-state index in [1.807, 2.05) is 0 Å². The van der Waals surface area contributed by atoms with Gasteiger partial charge in [0, 0.05) is 12.1 Å². The van der Waals surface area contributed by atoms with Crippen LogP contribution in [0.3, 0.4) is 0 Å². The molecule has 1 aliphatic heterocycles. The summed E-state index contributed by atoms with van der Waals surface area (Å²) in [6, 6.07) is 3.42. The third kappa shape index (κ3) is 2.09. The predicted molar refractivity (Wildman–Crippen MR) is 61.2 cm³/mol. The first-order chi connectivity index (χ1) is 7.74. The van der Waals surface area contributed by atoms with Gasteiger partial charge in [0.1, 0.15) is 16.5 Å². The second-order valence-electron chi connectivity index (χ2n) is 3.60. The minimum absolute atomic E-state index is 0.0268. The molecule has 1 atom stereocenters. The van der Waals surface area contributed by atoms with Crippen molar-refractivity contribution in [3.8, 4) is 11.5 Å². The number of ether oxygens (including phenoxy) is 2. The van der Waals surface area contributed by atoms with Crippen LogP contribution in [0.25, 0.3) is 0 Å². The average Bonchev–Trinajstić information content (AvgIpc) is 2.33. The van der Waals surface area contributed by atoms with Crippen LogP contribution in [0.15, 0.2) is 12.1 Å². The van der Waals surface area contributed by atoms with E-state index in [9.17, 15) is 5.11 Å². The number of methoxy groups -OCH3 is 1. The predicted octanol–water partition coefficient (Wildman–Crippen LogP) is 1.72. The molecule has 0 bridgehead atoms. The molecule has 0 spiro atoms. The maximum atomic E-state index is 9.49. The van der Waals surface area contributed by atoms with Crippen LogP contribution in [0, 0.1) is 0 Å². The highest BCUT2D eigenvalue weighted by atomic mass is 35.5. The Hall–Kier alpha value is -0.970. The SMILES string of the molecule is COc1c(C2COCCN2)ccc(O)c1Cl. The summed E-state index contributed by atoms with van der Waals surface area (Å²) in [6.07, 6.45) is 0. The van der Waals surface area contributed by atoms with Crippen molar-refractivity contribution >= 4 is 11.6 Å². The van der Waals surface area contributed by atoms with E-state index in [2.05, 4.69) is 5.32 Å². The Kier molecular flexibility index (Phi) is 3.53. The Morgan fingerprint density at radius 3 is 3.00 bits per heavy atom. The maximum absolute atomic E-state index is 9.49. The van der Waals surface area contributed by atoms with Gasteiger partial charge < -0.3 is 19.9 Å². The Morgan fingerprint density at radius 2 is 2.38 bits per heavy atom. The van der Waals surface area contributed by atoms with Gasteiger partial charge >= 0.3 is 0 Å². The molecule has 88 valence electrons. The molecule has 1 heterocycles. The van der Waals surface area contributed by atoms with E-state index in [0.29, 0.717) is 19.0 Å². The van der Waals surface area contributed by atoms with E-state index in [-0.39, 0.29) is 16.8 Å². The lowest BCUT2D eigenvalue weighted by Crippen LogP contribution is -2.34. The quantitative estimate of drug-likeness (QED) is 0.831. The van der Waals surface area contributed by atoms with E-state index < -0.39 is 0 Å². The summed E-state index contributed by atoms with van der Waals surface area (Å²) < 4.78 is 10.6. The summed E-state index contributed by atoms with van der Waals surface area (Å²) in [5.41, 5.74) is 0.907. The van der Waals surface area contributed by atoms with E-state index in [1.165, 1.54) is 7.11 Å². The van der Waals surface area contributed by atoms with Crippen LogP contribution in [0.2, 0.25) is 5.02 Å². The molecule has 1 fully saturated rings. The lowest BCUT2D eigenvalue weighted by molar-refractivity contribution is 0.0760. The molecule has 16 heavy (non-hydrogen) atoms. The molecule has 0 aliphatic carbocycles. The van der Waals surface area contributed by atoms with Crippen molar-refractivity contribution in [3.05, 3.63) is 22.7 Å². The smallest absolute Gasteiger partial charge is 0.146 e. The van der Waals surface area contributed by atoms with Crippen LogP contribution in [-0.2, 0) is 4.74 Å². The monoisotopic (exact) mass is 243 g/mol. The molecule has 1 unspecified atom stereocenters. The second kappa shape index (κ2) is 4.91. The van der Waals surface area contributed by atoms with Gasteiger partial charge in [0.25, 0.3) is 0 Å². The molecule has 0 aromatic heterocycles. The van der Waals surface area contributed by atoms with Gasteiger partial charge in [-0.15, -0.1) is 0 Å². The molecule has 1 aromatic rings. The lowest BCUT2D eigenvalue weighted by Gasteiger charge is -2.26. The number of morpholine rings is 1. The van der Waals surface area contributed by atoms with Crippen LogP contribution in [-0.4, -0.2) is 32.0 Å². The molecule has 1 saturated heterocycles. The standard InChI is InChI=1S/C11H14ClNO3/c1-15-11-7(2-3-9(14)10(11)12)8-6-16-5-4-13-8/h2-3,8,13-14H,4-6H2,1H3. The molecule has 4 nitrogen and oxygen atoms in total. The largest absolute Gasteiger partial charge is 0.506 e.